The Bertz CT molecular complexity index is 237. The van der Waals surface area contributed by atoms with Crippen LogP contribution < -0.4 is 5.32 Å². The Morgan fingerprint density at radius 1 is 1.33 bits per heavy atom. The van der Waals surface area contributed by atoms with E-state index in [9.17, 15) is 5.11 Å². The molecule has 1 aliphatic rings. The highest BCUT2D eigenvalue weighted by Gasteiger charge is 2.29. The molecule has 4 nitrogen and oxygen atoms in total. The largest absolute Gasteiger partial charge is 0.394 e. The molecule has 1 saturated heterocycles. The van der Waals surface area contributed by atoms with E-state index in [1.165, 1.54) is 6.42 Å². The first-order valence-electron chi connectivity index (χ1n) is 7.33. The van der Waals surface area contributed by atoms with Crippen LogP contribution in [0.3, 0.4) is 0 Å². The van der Waals surface area contributed by atoms with E-state index in [1.54, 1.807) is 0 Å². The predicted molar refractivity (Wildman–Crippen MR) is 76.9 cm³/mol. The summed E-state index contributed by atoms with van der Waals surface area (Å²) in [6, 6.07) is 0.660. The fourth-order valence-corrected chi connectivity index (χ4v) is 2.68. The number of nitrogens with zero attached hydrogens (tertiary/aromatic N) is 2. The molecule has 0 aromatic rings. The van der Waals surface area contributed by atoms with Gasteiger partial charge in [0.25, 0.3) is 0 Å². The molecule has 0 bridgehead atoms. The topological polar surface area (TPSA) is 38.7 Å². The highest BCUT2D eigenvalue weighted by molar-refractivity contribution is 4.89. The summed E-state index contributed by atoms with van der Waals surface area (Å²) in [6.07, 6.45) is 2.31. The number of aliphatic hydroxyl groups excluding tert-OH is 1. The Morgan fingerprint density at radius 2 is 2.06 bits per heavy atom. The SMILES string of the molecule is CCCNC(C)(CO)CN1CCN(C)C(CC)C1. The molecule has 0 saturated carbocycles. The number of hydrogen-bond donors (Lipinski definition) is 2. The van der Waals surface area contributed by atoms with Crippen molar-refractivity contribution in [3.63, 3.8) is 0 Å². The number of likely N-dealkylation sites (N-methyl/N-ethyl adjacent to an activating group) is 1. The van der Waals surface area contributed by atoms with Gasteiger partial charge in [0.05, 0.1) is 12.1 Å². The van der Waals surface area contributed by atoms with E-state index in [-0.39, 0.29) is 12.1 Å². The van der Waals surface area contributed by atoms with Gasteiger partial charge in [0.15, 0.2) is 0 Å². The van der Waals surface area contributed by atoms with Crippen LogP contribution in [-0.2, 0) is 0 Å². The molecule has 18 heavy (non-hydrogen) atoms. The second-order valence-electron chi connectivity index (χ2n) is 5.92. The molecule has 0 radical (unpaired) electrons. The predicted octanol–water partition coefficient (Wildman–Crippen LogP) is 0.763. The van der Waals surface area contributed by atoms with E-state index in [1.807, 2.05) is 0 Å². The van der Waals surface area contributed by atoms with Gasteiger partial charge in [-0.1, -0.05) is 13.8 Å². The Morgan fingerprint density at radius 3 is 2.61 bits per heavy atom. The lowest BCUT2D eigenvalue weighted by atomic mass is 10.0. The Labute approximate surface area is 112 Å². The van der Waals surface area contributed by atoms with E-state index < -0.39 is 0 Å². The summed E-state index contributed by atoms with van der Waals surface area (Å²) in [5, 5.41) is 13.1. The van der Waals surface area contributed by atoms with Gasteiger partial charge in [0, 0.05) is 32.2 Å². The third-order valence-corrected chi connectivity index (χ3v) is 4.06. The summed E-state index contributed by atoms with van der Waals surface area (Å²) in [5.41, 5.74) is -0.162. The van der Waals surface area contributed by atoms with Crippen molar-refractivity contribution in [3.05, 3.63) is 0 Å². The maximum Gasteiger partial charge on any atom is 0.0623 e. The van der Waals surface area contributed by atoms with Crippen molar-refractivity contribution in [1.82, 2.24) is 15.1 Å². The molecule has 1 heterocycles. The van der Waals surface area contributed by atoms with Crippen LogP contribution in [-0.4, -0.2) is 72.9 Å². The quantitative estimate of drug-likeness (QED) is 0.706. The summed E-state index contributed by atoms with van der Waals surface area (Å²) >= 11 is 0. The molecule has 2 atom stereocenters. The molecule has 4 heteroatoms. The van der Waals surface area contributed by atoms with Gasteiger partial charge in [0.2, 0.25) is 0 Å². The van der Waals surface area contributed by atoms with Gasteiger partial charge in [-0.25, -0.2) is 0 Å². The van der Waals surface area contributed by atoms with Crippen molar-refractivity contribution in [2.24, 2.45) is 0 Å². The number of aliphatic hydroxyl groups is 1. The average molecular weight is 257 g/mol. The van der Waals surface area contributed by atoms with E-state index in [2.05, 4.69) is 42.9 Å². The maximum absolute atomic E-state index is 9.62. The van der Waals surface area contributed by atoms with Crippen molar-refractivity contribution in [2.75, 3.05) is 46.4 Å². The zero-order chi connectivity index (χ0) is 13.6. The van der Waals surface area contributed by atoms with Crippen LogP contribution in [0.4, 0.5) is 0 Å². The molecule has 0 aromatic heterocycles. The molecule has 108 valence electrons. The van der Waals surface area contributed by atoms with Gasteiger partial charge in [-0.2, -0.15) is 0 Å². The van der Waals surface area contributed by atoms with E-state index in [0.717, 1.165) is 39.1 Å². The van der Waals surface area contributed by atoms with E-state index >= 15 is 0 Å². The molecular formula is C14H31N3O. The smallest absolute Gasteiger partial charge is 0.0623 e. The van der Waals surface area contributed by atoms with Crippen LogP contribution >= 0.6 is 0 Å². The van der Waals surface area contributed by atoms with Gasteiger partial charge in [-0.05, 0) is 33.4 Å². The Hall–Kier alpha value is -0.160. The second-order valence-corrected chi connectivity index (χ2v) is 5.92. The second kappa shape index (κ2) is 7.43. The molecule has 2 N–H and O–H groups in total. The third-order valence-electron chi connectivity index (χ3n) is 4.06. The summed E-state index contributed by atoms with van der Waals surface area (Å²) in [6.45, 7) is 12.0. The maximum atomic E-state index is 9.62. The summed E-state index contributed by atoms with van der Waals surface area (Å²) in [5.74, 6) is 0. The van der Waals surface area contributed by atoms with Crippen molar-refractivity contribution >= 4 is 0 Å². The number of rotatable bonds is 7. The van der Waals surface area contributed by atoms with Crippen LogP contribution in [0.25, 0.3) is 0 Å². The highest BCUT2D eigenvalue weighted by Crippen LogP contribution is 2.14. The molecule has 0 aliphatic carbocycles. The van der Waals surface area contributed by atoms with Crippen molar-refractivity contribution in [3.8, 4) is 0 Å². The Balaban J connectivity index is 2.49. The van der Waals surface area contributed by atoms with Gasteiger partial charge in [-0.3, -0.25) is 4.90 Å². The fourth-order valence-electron chi connectivity index (χ4n) is 2.68. The molecule has 1 fully saturated rings. The lowest BCUT2D eigenvalue weighted by Gasteiger charge is -2.43. The van der Waals surface area contributed by atoms with Gasteiger partial charge < -0.3 is 15.3 Å². The van der Waals surface area contributed by atoms with Crippen molar-refractivity contribution < 1.29 is 5.11 Å². The van der Waals surface area contributed by atoms with Crippen LogP contribution in [0.15, 0.2) is 0 Å². The minimum absolute atomic E-state index is 0.162. The minimum atomic E-state index is -0.162. The first kappa shape index (κ1) is 15.9. The molecule has 0 amide bonds. The lowest BCUT2D eigenvalue weighted by molar-refractivity contribution is 0.0553. The Kier molecular flexibility index (Phi) is 6.57. The first-order valence-corrected chi connectivity index (χ1v) is 7.33. The number of piperazine rings is 1. The first-order chi connectivity index (χ1) is 8.54. The standard InChI is InChI=1S/C14H31N3O/c1-5-7-15-14(3,12-18)11-17-9-8-16(4)13(6-2)10-17/h13,15,18H,5-12H2,1-4H3. The van der Waals surface area contributed by atoms with E-state index in [4.69, 9.17) is 0 Å². The highest BCUT2D eigenvalue weighted by atomic mass is 16.3. The fraction of sp³-hybridized carbons (Fsp3) is 1.00. The lowest BCUT2D eigenvalue weighted by Crippen LogP contribution is -2.59. The summed E-state index contributed by atoms with van der Waals surface area (Å²) < 4.78 is 0. The average Bonchev–Trinajstić information content (AvgIpc) is 2.38. The summed E-state index contributed by atoms with van der Waals surface area (Å²) in [7, 11) is 2.21. The normalized spacial score (nSPS) is 26.2. The van der Waals surface area contributed by atoms with Crippen LogP contribution in [0.2, 0.25) is 0 Å². The third kappa shape index (κ3) is 4.50. The zero-order valence-corrected chi connectivity index (χ0v) is 12.6. The van der Waals surface area contributed by atoms with Gasteiger partial charge in [-0.15, -0.1) is 0 Å². The zero-order valence-electron chi connectivity index (χ0n) is 12.6. The molecule has 1 aliphatic heterocycles. The van der Waals surface area contributed by atoms with Crippen LogP contribution in [0, 0.1) is 0 Å². The van der Waals surface area contributed by atoms with Gasteiger partial charge >= 0.3 is 0 Å². The van der Waals surface area contributed by atoms with Crippen LogP contribution in [0.5, 0.6) is 0 Å². The van der Waals surface area contributed by atoms with E-state index in [0.29, 0.717) is 6.04 Å². The molecule has 0 aromatic carbocycles. The molecular weight excluding hydrogens is 226 g/mol. The molecule has 1 rings (SSSR count). The monoisotopic (exact) mass is 257 g/mol. The number of nitrogens with one attached hydrogen (secondary N) is 1. The summed E-state index contributed by atoms with van der Waals surface area (Å²) in [4.78, 5) is 4.94. The molecule has 0 spiro atoms. The number of hydrogen-bond acceptors (Lipinski definition) is 4. The van der Waals surface area contributed by atoms with Crippen molar-refractivity contribution in [2.45, 2.75) is 45.2 Å². The molecule has 2 unspecified atom stereocenters. The van der Waals surface area contributed by atoms with Crippen molar-refractivity contribution in [1.29, 1.82) is 0 Å². The minimum Gasteiger partial charge on any atom is -0.394 e. The van der Waals surface area contributed by atoms with Gasteiger partial charge in [0.1, 0.15) is 0 Å². The van der Waals surface area contributed by atoms with Crippen LogP contribution in [0.1, 0.15) is 33.6 Å².